The van der Waals surface area contributed by atoms with Crippen LogP contribution < -0.4 is 10.1 Å². The minimum atomic E-state index is -0.196. The molecule has 0 aliphatic rings. The Morgan fingerprint density at radius 2 is 2.16 bits per heavy atom. The summed E-state index contributed by atoms with van der Waals surface area (Å²) >= 11 is 5.95. The van der Waals surface area contributed by atoms with Crippen LogP contribution in [0.25, 0.3) is 11.7 Å². The van der Waals surface area contributed by atoms with Crippen molar-refractivity contribution < 1.29 is 9.53 Å². The predicted octanol–water partition coefficient (Wildman–Crippen LogP) is 3.63. The van der Waals surface area contributed by atoms with Crippen LogP contribution in [0, 0.1) is 6.92 Å². The molecule has 3 rings (SSSR count). The number of imidazole rings is 1. The fourth-order valence-corrected chi connectivity index (χ4v) is 2.66. The third-order valence-electron chi connectivity index (χ3n) is 3.71. The molecule has 0 unspecified atom stereocenters. The average Bonchev–Trinajstić information content (AvgIpc) is 3.00. The molecule has 25 heavy (non-hydrogen) atoms. The third-order valence-corrected chi connectivity index (χ3v) is 3.93. The van der Waals surface area contributed by atoms with Crippen LogP contribution in [0.3, 0.4) is 0 Å². The van der Waals surface area contributed by atoms with E-state index in [0.29, 0.717) is 11.6 Å². The number of methoxy groups -OCH3 is 1. The van der Waals surface area contributed by atoms with Crippen molar-refractivity contribution in [3.05, 3.63) is 70.6 Å². The van der Waals surface area contributed by atoms with Crippen LogP contribution in [0.2, 0.25) is 5.02 Å². The second kappa shape index (κ2) is 7.40. The van der Waals surface area contributed by atoms with Crippen LogP contribution in [0.1, 0.15) is 16.8 Å². The van der Waals surface area contributed by atoms with Crippen LogP contribution in [-0.2, 0) is 11.3 Å². The van der Waals surface area contributed by atoms with Crippen LogP contribution >= 0.6 is 11.6 Å². The number of fused-ring (bicyclic) bond motifs is 1. The van der Waals surface area contributed by atoms with Gasteiger partial charge in [0.15, 0.2) is 0 Å². The molecule has 5 nitrogen and oxygen atoms in total. The van der Waals surface area contributed by atoms with E-state index in [4.69, 9.17) is 16.3 Å². The summed E-state index contributed by atoms with van der Waals surface area (Å²) in [5, 5.41) is 3.46. The van der Waals surface area contributed by atoms with Gasteiger partial charge in [-0.25, -0.2) is 4.98 Å². The number of aromatic nitrogens is 2. The highest BCUT2D eigenvalue weighted by Gasteiger charge is 2.04. The van der Waals surface area contributed by atoms with Crippen molar-refractivity contribution in [3.8, 4) is 5.75 Å². The summed E-state index contributed by atoms with van der Waals surface area (Å²) < 4.78 is 7.13. The number of carbonyl (C=O) groups excluding carboxylic acids is 1. The first-order valence-electron chi connectivity index (χ1n) is 7.79. The summed E-state index contributed by atoms with van der Waals surface area (Å²) in [4.78, 5) is 16.5. The zero-order chi connectivity index (χ0) is 17.8. The fraction of sp³-hybridized carbons (Fsp3) is 0.158. The van der Waals surface area contributed by atoms with Crippen molar-refractivity contribution in [3.63, 3.8) is 0 Å². The molecule has 0 saturated heterocycles. The molecule has 128 valence electrons. The standard InChI is InChI=1S/C19H18ClN3O2/c1-13-3-6-17(25-2)14(9-13)4-8-19(24)21-10-16-12-23-11-15(20)5-7-18(23)22-16/h3-9,11-12H,10H2,1-2H3,(H,21,24)/b8-4+. The molecule has 0 aliphatic carbocycles. The Morgan fingerprint density at radius 1 is 1.32 bits per heavy atom. The molecule has 1 aromatic carbocycles. The van der Waals surface area contributed by atoms with Crippen molar-refractivity contribution >= 4 is 29.2 Å². The number of carbonyl (C=O) groups is 1. The second-order valence-corrected chi connectivity index (χ2v) is 6.08. The summed E-state index contributed by atoms with van der Waals surface area (Å²) in [6, 6.07) is 9.43. The minimum absolute atomic E-state index is 0.196. The zero-order valence-electron chi connectivity index (χ0n) is 14.0. The van der Waals surface area contributed by atoms with E-state index >= 15 is 0 Å². The van der Waals surface area contributed by atoms with Crippen molar-refractivity contribution in [2.24, 2.45) is 0 Å². The number of hydrogen-bond donors (Lipinski definition) is 1. The molecule has 0 spiro atoms. The Morgan fingerprint density at radius 3 is 2.96 bits per heavy atom. The SMILES string of the molecule is COc1ccc(C)cc1/C=C/C(=O)NCc1cn2cc(Cl)ccc2n1. The van der Waals surface area contributed by atoms with Gasteiger partial charge >= 0.3 is 0 Å². The molecule has 1 N–H and O–H groups in total. The highest BCUT2D eigenvalue weighted by molar-refractivity contribution is 6.30. The quantitative estimate of drug-likeness (QED) is 0.711. The minimum Gasteiger partial charge on any atom is -0.496 e. The Labute approximate surface area is 150 Å². The summed E-state index contributed by atoms with van der Waals surface area (Å²) in [6.07, 6.45) is 6.85. The molecule has 0 saturated carbocycles. The van der Waals surface area contributed by atoms with E-state index in [1.807, 2.05) is 41.8 Å². The van der Waals surface area contributed by atoms with Crippen molar-refractivity contribution in [2.45, 2.75) is 13.5 Å². The van der Waals surface area contributed by atoms with E-state index in [9.17, 15) is 4.79 Å². The first kappa shape index (κ1) is 17.0. The molecule has 2 aromatic heterocycles. The lowest BCUT2D eigenvalue weighted by Crippen LogP contribution is -2.20. The van der Waals surface area contributed by atoms with Gasteiger partial charge in [0.1, 0.15) is 11.4 Å². The summed E-state index contributed by atoms with van der Waals surface area (Å²) in [5.74, 6) is 0.533. The van der Waals surface area contributed by atoms with Gasteiger partial charge in [-0.2, -0.15) is 0 Å². The number of hydrogen-bond acceptors (Lipinski definition) is 3. The molecular formula is C19H18ClN3O2. The Hall–Kier alpha value is -2.79. The van der Waals surface area contributed by atoms with Crippen LogP contribution in [-0.4, -0.2) is 22.4 Å². The monoisotopic (exact) mass is 355 g/mol. The summed E-state index contributed by atoms with van der Waals surface area (Å²) in [7, 11) is 1.61. The molecule has 0 bridgehead atoms. The van der Waals surface area contributed by atoms with Crippen molar-refractivity contribution in [2.75, 3.05) is 7.11 Å². The fourth-order valence-electron chi connectivity index (χ4n) is 2.49. The molecule has 0 atom stereocenters. The number of benzene rings is 1. The maximum atomic E-state index is 12.0. The Bertz CT molecular complexity index is 947. The largest absolute Gasteiger partial charge is 0.496 e. The molecule has 0 radical (unpaired) electrons. The molecule has 0 fully saturated rings. The van der Waals surface area contributed by atoms with Gasteiger partial charge in [-0.15, -0.1) is 0 Å². The van der Waals surface area contributed by atoms with Crippen molar-refractivity contribution in [1.29, 1.82) is 0 Å². The van der Waals surface area contributed by atoms with Gasteiger partial charge in [-0.05, 0) is 37.3 Å². The zero-order valence-corrected chi connectivity index (χ0v) is 14.7. The van der Waals surface area contributed by atoms with Crippen LogP contribution in [0.15, 0.2) is 48.8 Å². The maximum Gasteiger partial charge on any atom is 0.244 e. The molecule has 2 heterocycles. The lowest BCUT2D eigenvalue weighted by Gasteiger charge is -2.05. The molecule has 1 amide bonds. The predicted molar refractivity (Wildman–Crippen MR) is 98.8 cm³/mol. The Kier molecular flexibility index (Phi) is 5.05. The molecule has 0 aliphatic heterocycles. The number of halogens is 1. The number of amides is 1. The maximum absolute atomic E-state index is 12.0. The summed E-state index contributed by atoms with van der Waals surface area (Å²) in [5.41, 5.74) is 3.51. The van der Waals surface area contributed by atoms with Gasteiger partial charge in [0, 0.05) is 24.0 Å². The third kappa shape index (κ3) is 4.19. The topological polar surface area (TPSA) is 55.6 Å². The first-order valence-corrected chi connectivity index (χ1v) is 8.16. The smallest absolute Gasteiger partial charge is 0.244 e. The highest BCUT2D eigenvalue weighted by Crippen LogP contribution is 2.20. The number of nitrogens with one attached hydrogen (secondary N) is 1. The average molecular weight is 356 g/mol. The van der Waals surface area contributed by atoms with Gasteiger partial charge < -0.3 is 14.5 Å². The Balaban J connectivity index is 1.65. The highest BCUT2D eigenvalue weighted by atomic mass is 35.5. The van der Waals surface area contributed by atoms with E-state index in [0.717, 1.165) is 28.2 Å². The van der Waals surface area contributed by atoms with Crippen LogP contribution in [0.5, 0.6) is 5.75 Å². The number of nitrogens with zero attached hydrogens (tertiary/aromatic N) is 2. The first-order chi connectivity index (χ1) is 12.0. The van der Waals surface area contributed by atoms with E-state index in [-0.39, 0.29) is 5.91 Å². The van der Waals surface area contributed by atoms with Gasteiger partial charge in [-0.1, -0.05) is 23.2 Å². The number of ether oxygens (including phenoxy) is 1. The lowest BCUT2D eigenvalue weighted by atomic mass is 10.1. The number of rotatable bonds is 5. The van der Waals surface area contributed by atoms with Gasteiger partial charge in [0.25, 0.3) is 0 Å². The normalized spacial score (nSPS) is 11.2. The number of pyridine rings is 1. The molecular weight excluding hydrogens is 338 g/mol. The molecule has 3 aromatic rings. The summed E-state index contributed by atoms with van der Waals surface area (Å²) in [6.45, 7) is 2.33. The molecule has 6 heteroatoms. The van der Waals surface area contributed by atoms with Gasteiger partial charge in [-0.3, -0.25) is 4.79 Å². The van der Waals surface area contributed by atoms with Gasteiger partial charge in [0.2, 0.25) is 5.91 Å². The van der Waals surface area contributed by atoms with Crippen molar-refractivity contribution in [1.82, 2.24) is 14.7 Å². The van der Waals surface area contributed by atoms with E-state index in [2.05, 4.69) is 10.3 Å². The van der Waals surface area contributed by atoms with E-state index < -0.39 is 0 Å². The van der Waals surface area contributed by atoms with E-state index in [1.54, 1.807) is 25.4 Å². The second-order valence-electron chi connectivity index (χ2n) is 5.64. The van der Waals surface area contributed by atoms with Crippen LogP contribution in [0.4, 0.5) is 0 Å². The number of aryl methyl sites for hydroxylation is 1. The lowest BCUT2D eigenvalue weighted by molar-refractivity contribution is -0.116. The van der Waals surface area contributed by atoms with Gasteiger partial charge in [0.05, 0.1) is 24.4 Å². The van der Waals surface area contributed by atoms with E-state index in [1.165, 1.54) is 6.08 Å².